The van der Waals surface area contributed by atoms with Crippen molar-refractivity contribution in [3.63, 3.8) is 0 Å². The van der Waals surface area contributed by atoms with E-state index in [9.17, 15) is 19.8 Å². The lowest BCUT2D eigenvalue weighted by molar-refractivity contribution is -0.151. The first-order chi connectivity index (χ1) is 14.7. The van der Waals surface area contributed by atoms with E-state index in [0.29, 0.717) is 31.3 Å². The summed E-state index contributed by atoms with van der Waals surface area (Å²) >= 11 is 0. The topological polar surface area (TPSA) is 93.1 Å². The van der Waals surface area contributed by atoms with Crippen LogP contribution in [0.5, 0.6) is 0 Å². The molecule has 6 heteroatoms. The third-order valence-corrected chi connectivity index (χ3v) is 9.42. The molecule has 0 aromatic heterocycles. The quantitative estimate of drug-likeness (QED) is 0.493. The number of methoxy groups -OCH3 is 1. The maximum Gasteiger partial charge on any atom is 0.162 e. The SMILES string of the molecule is COCOC[C@H]1C[C@H]2[C@@H]3C[C@H](C)C4=CC(=O)CC[C@]4(C)[C@H]3[C@@H](O)C[C@]2(C)[C@H]1C(=O)CO. The highest BCUT2D eigenvalue weighted by molar-refractivity contribution is 5.91. The minimum absolute atomic E-state index is 0.0173. The molecular formula is C25H38O6. The summed E-state index contributed by atoms with van der Waals surface area (Å²) in [7, 11) is 1.58. The van der Waals surface area contributed by atoms with Crippen LogP contribution < -0.4 is 0 Å². The van der Waals surface area contributed by atoms with Gasteiger partial charge in [-0.1, -0.05) is 26.3 Å². The molecule has 6 nitrogen and oxygen atoms in total. The number of hydrogen-bond donors (Lipinski definition) is 2. The van der Waals surface area contributed by atoms with Gasteiger partial charge in [-0.05, 0) is 72.2 Å². The van der Waals surface area contributed by atoms with Gasteiger partial charge >= 0.3 is 0 Å². The van der Waals surface area contributed by atoms with Gasteiger partial charge in [0.05, 0.1) is 12.7 Å². The Hall–Kier alpha value is -1.08. The predicted octanol–water partition coefficient (Wildman–Crippen LogP) is 2.76. The fourth-order valence-corrected chi connectivity index (χ4v) is 8.48. The van der Waals surface area contributed by atoms with E-state index in [1.165, 1.54) is 5.57 Å². The number of ether oxygens (including phenoxy) is 2. The van der Waals surface area contributed by atoms with E-state index >= 15 is 0 Å². The van der Waals surface area contributed by atoms with Gasteiger partial charge in [-0.3, -0.25) is 9.59 Å². The smallest absolute Gasteiger partial charge is 0.162 e. The number of carbonyl (C=O) groups excluding carboxylic acids is 2. The molecule has 0 heterocycles. The molecule has 4 aliphatic carbocycles. The molecule has 0 amide bonds. The van der Waals surface area contributed by atoms with Crippen molar-refractivity contribution in [1.82, 2.24) is 0 Å². The molecule has 3 fully saturated rings. The lowest BCUT2D eigenvalue weighted by atomic mass is 9.44. The monoisotopic (exact) mass is 434 g/mol. The van der Waals surface area contributed by atoms with E-state index < -0.39 is 12.7 Å². The van der Waals surface area contributed by atoms with Crippen LogP contribution >= 0.6 is 0 Å². The number of Topliss-reactive ketones (excluding diaryl/α,β-unsaturated/α-hetero) is 1. The Bertz CT molecular complexity index is 761. The van der Waals surface area contributed by atoms with Crippen molar-refractivity contribution in [2.45, 2.75) is 59.0 Å². The number of ketones is 2. The standard InChI is InChI=1S/C25H38O6/c1-14-7-17-19-8-15(12-31-13-30-4)22(21(29)11-26)25(19,3)10-20(28)23(17)24(2)6-5-16(27)9-18(14)24/h9,14-15,17,19-20,22-23,26,28H,5-8,10-13H2,1-4H3/t14-,15+,17-,19-,20-,22+,23+,24-,25-/m0/s1. The maximum absolute atomic E-state index is 12.9. The lowest BCUT2D eigenvalue weighted by Crippen LogP contribution is -2.58. The minimum atomic E-state index is -0.520. The number of carbonyl (C=O) groups is 2. The van der Waals surface area contributed by atoms with Crippen molar-refractivity contribution in [2.24, 2.45) is 46.3 Å². The fraction of sp³-hybridized carbons (Fsp3) is 0.840. The third-order valence-electron chi connectivity index (χ3n) is 9.42. The van der Waals surface area contributed by atoms with Gasteiger partial charge in [-0.15, -0.1) is 0 Å². The summed E-state index contributed by atoms with van der Waals surface area (Å²) in [5.41, 5.74) is 0.690. The Morgan fingerprint density at radius 1 is 1.29 bits per heavy atom. The second kappa shape index (κ2) is 8.36. The number of aliphatic hydroxyl groups excluding tert-OH is 2. The molecule has 0 bridgehead atoms. The minimum Gasteiger partial charge on any atom is -0.393 e. The van der Waals surface area contributed by atoms with Crippen LogP contribution in [-0.4, -0.2) is 55.0 Å². The van der Waals surface area contributed by atoms with E-state index in [1.807, 2.05) is 6.08 Å². The molecule has 4 rings (SSSR count). The summed E-state index contributed by atoms with van der Waals surface area (Å²) < 4.78 is 10.7. The Labute approximate surface area is 185 Å². The Balaban J connectivity index is 1.70. The molecule has 3 saturated carbocycles. The molecule has 4 aliphatic rings. The van der Waals surface area contributed by atoms with E-state index in [2.05, 4.69) is 20.8 Å². The van der Waals surface area contributed by atoms with Crippen molar-refractivity contribution in [3.05, 3.63) is 11.6 Å². The van der Waals surface area contributed by atoms with Crippen molar-refractivity contribution in [3.8, 4) is 0 Å². The summed E-state index contributed by atoms with van der Waals surface area (Å²) in [4.78, 5) is 25.1. The lowest BCUT2D eigenvalue weighted by Gasteiger charge is -2.61. The summed E-state index contributed by atoms with van der Waals surface area (Å²) in [6.07, 6.45) is 5.04. The van der Waals surface area contributed by atoms with Crippen LogP contribution in [0.15, 0.2) is 11.6 Å². The van der Waals surface area contributed by atoms with Crippen molar-refractivity contribution in [2.75, 3.05) is 27.1 Å². The number of rotatable bonds is 6. The number of allylic oxidation sites excluding steroid dienone is 1. The van der Waals surface area contributed by atoms with E-state index in [-0.39, 0.29) is 52.9 Å². The summed E-state index contributed by atoms with van der Waals surface area (Å²) in [6.45, 7) is 6.74. The highest BCUT2D eigenvalue weighted by Crippen LogP contribution is 2.68. The van der Waals surface area contributed by atoms with Crippen molar-refractivity contribution >= 4 is 11.6 Å². The van der Waals surface area contributed by atoms with Gasteiger partial charge in [0.1, 0.15) is 13.4 Å². The van der Waals surface area contributed by atoms with Crippen LogP contribution in [0.3, 0.4) is 0 Å². The Morgan fingerprint density at radius 2 is 2.03 bits per heavy atom. The van der Waals surface area contributed by atoms with Gasteiger partial charge < -0.3 is 19.7 Å². The summed E-state index contributed by atoms with van der Waals surface area (Å²) in [5.74, 6) is 0.743. The van der Waals surface area contributed by atoms with Gasteiger partial charge in [-0.2, -0.15) is 0 Å². The van der Waals surface area contributed by atoms with E-state index in [1.54, 1.807) is 7.11 Å². The van der Waals surface area contributed by atoms with Crippen LogP contribution in [0.1, 0.15) is 52.9 Å². The van der Waals surface area contributed by atoms with Gasteiger partial charge in [0.25, 0.3) is 0 Å². The van der Waals surface area contributed by atoms with Crippen molar-refractivity contribution in [1.29, 1.82) is 0 Å². The first kappa shape index (κ1) is 23.1. The highest BCUT2D eigenvalue weighted by atomic mass is 16.7. The average molecular weight is 435 g/mol. The molecular weight excluding hydrogens is 396 g/mol. The first-order valence-electron chi connectivity index (χ1n) is 11.8. The molecule has 0 saturated heterocycles. The van der Waals surface area contributed by atoms with Crippen LogP contribution in [0.2, 0.25) is 0 Å². The molecule has 174 valence electrons. The van der Waals surface area contributed by atoms with Crippen LogP contribution in [-0.2, 0) is 19.1 Å². The Kier molecular flexibility index (Phi) is 6.23. The zero-order valence-corrected chi connectivity index (χ0v) is 19.3. The normalized spacial score (nSPS) is 46.7. The first-order valence-corrected chi connectivity index (χ1v) is 11.8. The van der Waals surface area contributed by atoms with Gasteiger partial charge in [-0.25, -0.2) is 0 Å². The summed E-state index contributed by atoms with van der Waals surface area (Å²) in [5, 5.41) is 21.2. The highest BCUT2D eigenvalue weighted by Gasteiger charge is 2.65. The van der Waals surface area contributed by atoms with Gasteiger partial charge in [0.15, 0.2) is 11.6 Å². The predicted molar refractivity (Wildman–Crippen MR) is 115 cm³/mol. The van der Waals surface area contributed by atoms with Crippen LogP contribution in [0.4, 0.5) is 0 Å². The van der Waals surface area contributed by atoms with E-state index in [0.717, 1.165) is 19.3 Å². The molecule has 0 aromatic rings. The zero-order valence-electron chi connectivity index (χ0n) is 19.3. The number of aliphatic hydroxyl groups is 2. The molecule has 0 aromatic carbocycles. The maximum atomic E-state index is 12.9. The summed E-state index contributed by atoms with van der Waals surface area (Å²) in [6, 6.07) is 0. The zero-order chi connectivity index (χ0) is 22.6. The van der Waals surface area contributed by atoms with E-state index in [4.69, 9.17) is 9.47 Å². The average Bonchev–Trinajstić information content (AvgIpc) is 3.00. The largest absolute Gasteiger partial charge is 0.393 e. The number of hydrogen-bond acceptors (Lipinski definition) is 6. The van der Waals surface area contributed by atoms with Crippen LogP contribution in [0.25, 0.3) is 0 Å². The molecule has 9 atom stereocenters. The Morgan fingerprint density at radius 3 is 2.71 bits per heavy atom. The van der Waals surface area contributed by atoms with Gasteiger partial charge in [0.2, 0.25) is 0 Å². The second-order valence-corrected chi connectivity index (χ2v) is 11.1. The molecule has 0 aliphatic heterocycles. The fourth-order valence-electron chi connectivity index (χ4n) is 8.48. The second-order valence-electron chi connectivity index (χ2n) is 11.1. The number of fused-ring (bicyclic) bond motifs is 5. The van der Waals surface area contributed by atoms with Crippen molar-refractivity contribution < 1.29 is 29.3 Å². The molecule has 31 heavy (non-hydrogen) atoms. The molecule has 0 unspecified atom stereocenters. The third kappa shape index (κ3) is 3.54. The van der Waals surface area contributed by atoms with Gasteiger partial charge in [0, 0.05) is 19.4 Å². The molecule has 2 N–H and O–H groups in total. The molecule has 0 spiro atoms. The van der Waals surface area contributed by atoms with Crippen LogP contribution in [0, 0.1) is 46.3 Å². The molecule has 0 radical (unpaired) electrons.